The Balaban J connectivity index is 2.07. The summed E-state index contributed by atoms with van der Waals surface area (Å²) in [5.41, 5.74) is 0. The van der Waals surface area contributed by atoms with Crippen LogP contribution in [0.3, 0.4) is 0 Å². The van der Waals surface area contributed by atoms with E-state index in [0.29, 0.717) is 6.61 Å². The van der Waals surface area contributed by atoms with Gasteiger partial charge < -0.3 is 24.1 Å². The molecule has 2 fully saturated rings. The summed E-state index contributed by atoms with van der Waals surface area (Å²) in [5, 5.41) is 9.52. The molecule has 4 atom stereocenters. The molecule has 2 aliphatic heterocycles. The first-order valence-electron chi connectivity index (χ1n) is 5.18. The number of aliphatic hydroxyl groups is 1. The summed E-state index contributed by atoms with van der Waals surface area (Å²) in [6, 6.07) is 0. The predicted molar refractivity (Wildman–Crippen MR) is 51.6 cm³/mol. The molecule has 2 heterocycles. The maximum absolute atomic E-state index is 11.2. The minimum Gasteiger partial charge on any atom is -0.455 e. The summed E-state index contributed by atoms with van der Waals surface area (Å²) in [6.45, 7) is 3.88. The summed E-state index contributed by atoms with van der Waals surface area (Å²) >= 11 is 0. The second kappa shape index (κ2) is 3.96. The molecule has 4 unspecified atom stereocenters. The van der Waals surface area contributed by atoms with Gasteiger partial charge in [0.25, 0.3) is 0 Å². The molecular weight excluding hydrogens is 216 g/mol. The van der Waals surface area contributed by atoms with Gasteiger partial charge in [0.15, 0.2) is 18.0 Å². The van der Waals surface area contributed by atoms with E-state index < -0.39 is 36.2 Å². The molecule has 2 rings (SSSR count). The lowest BCUT2D eigenvalue weighted by Gasteiger charge is -2.23. The topological polar surface area (TPSA) is 74.2 Å². The van der Waals surface area contributed by atoms with Gasteiger partial charge in [0, 0.05) is 7.11 Å². The quantitative estimate of drug-likeness (QED) is 0.643. The van der Waals surface area contributed by atoms with Crippen LogP contribution in [0.5, 0.6) is 0 Å². The first kappa shape index (κ1) is 11.8. The van der Waals surface area contributed by atoms with Gasteiger partial charge in [-0.25, -0.2) is 4.79 Å². The number of ether oxygens (including phenoxy) is 4. The Morgan fingerprint density at radius 3 is 2.69 bits per heavy atom. The van der Waals surface area contributed by atoms with Gasteiger partial charge in [0.1, 0.15) is 12.2 Å². The molecule has 0 spiro atoms. The zero-order valence-corrected chi connectivity index (χ0v) is 9.50. The van der Waals surface area contributed by atoms with Crippen molar-refractivity contribution in [3.05, 3.63) is 0 Å². The number of carbonyl (C=O) groups excluding carboxylic acids is 1. The average Bonchev–Trinajstić information content (AvgIpc) is 2.69. The van der Waals surface area contributed by atoms with Crippen LogP contribution in [0.4, 0.5) is 0 Å². The fourth-order valence-electron chi connectivity index (χ4n) is 2.01. The Hall–Kier alpha value is -0.690. The van der Waals surface area contributed by atoms with E-state index in [1.54, 1.807) is 13.8 Å². The molecule has 92 valence electrons. The van der Waals surface area contributed by atoms with Crippen molar-refractivity contribution in [2.24, 2.45) is 0 Å². The largest absolute Gasteiger partial charge is 0.455 e. The Labute approximate surface area is 93.4 Å². The van der Waals surface area contributed by atoms with Crippen molar-refractivity contribution in [2.45, 2.75) is 44.1 Å². The number of hydrogen-bond acceptors (Lipinski definition) is 6. The van der Waals surface area contributed by atoms with Crippen molar-refractivity contribution in [3.63, 3.8) is 0 Å². The van der Waals surface area contributed by atoms with E-state index in [4.69, 9.17) is 18.9 Å². The van der Waals surface area contributed by atoms with Crippen LogP contribution in [0, 0.1) is 0 Å². The first-order valence-corrected chi connectivity index (χ1v) is 5.18. The van der Waals surface area contributed by atoms with Gasteiger partial charge in [-0.15, -0.1) is 0 Å². The van der Waals surface area contributed by atoms with Crippen LogP contribution >= 0.6 is 0 Å². The zero-order chi connectivity index (χ0) is 11.9. The molecule has 1 N–H and O–H groups in total. The number of esters is 1. The molecule has 0 bridgehead atoms. The zero-order valence-electron chi connectivity index (χ0n) is 9.50. The Bertz CT molecular complexity index is 289. The van der Waals surface area contributed by atoms with Crippen molar-refractivity contribution in [2.75, 3.05) is 13.7 Å². The number of cyclic esters (lactones) is 1. The van der Waals surface area contributed by atoms with E-state index >= 15 is 0 Å². The first-order chi connectivity index (χ1) is 7.44. The van der Waals surface area contributed by atoms with Crippen molar-refractivity contribution in [1.82, 2.24) is 0 Å². The number of hydrogen-bond donors (Lipinski definition) is 1. The monoisotopic (exact) mass is 232 g/mol. The summed E-state index contributed by atoms with van der Waals surface area (Å²) < 4.78 is 21.0. The fourth-order valence-corrected chi connectivity index (χ4v) is 2.01. The minimum absolute atomic E-state index is 0.317. The van der Waals surface area contributed by atoms with Gasteiger partial charge >= 0.3 is 5.97 Å². The normalized spacial score (nSPS) is 42.4. The van der Waals surface area contributed by atoms with E-state index in [0.717, 1.165) is 0 Å². The van der Waals surface area contributed by atoms with Crippen molar-refractivity contribution < 1.29 is 28.8 Å². The second-order valence-electron chi connectivity index (χ2n) is 4.41. The molecule has 0 aromatic rings. The van der Waals surface area contributed by atoms with Gasteiger partial charge in [0.2, 0.25) is 0 Å². The lowest BCUT2D eigenvalue weighted by Crippen LogP contribution is -2.41. The fraction of sp³-hybridized carbons (Fsp3) is 0.900. The third-order valence-corrected chi connectivity index (χ3v) is 2.80. The van der Waals surface area contributed by atoms with E-state index in [1.807, 2.05) is 0 Å². The minimum atomic E-state index is -1.25. The molecule has 6 nitrogen and oxygen atoms in total. The van der Waals surface area contributed by atoms with Crippen LogP contribution < -0.4 is 0 Å². The lowest BCUT2D eigenvalue weighted by atomic mass is 10.1. The highest BCUT2D eigenvalue weighted by atomic mass is 16.8. The molecule has 0 saturated carbocycles. The maximum Gasteiger partial charge on any atom is 0.338 e. The van der Waals surface area contributed by atoms with Gasteiger partial charge in [0.05, 0.1) is 6.61 Å². The molecule has 6 heteroatoms. The molecule has 2 saturated heterocycles. The number of carbonyl (C=O) groups is 1. The molecule has 0 aliphatic carbocycles. The molecule has 2 aliphatic rings. The molecule has 0 aromatic heterocycles. The predicted octanol–water partition coefficient (Wildman–Crippen LogP) is -0.561. The van der Waals surface area contributed by atoms with E-state index in [1.165, 1.54) is 7.11 Å². The number of methoxy groups -OCH3 is 1. The highest BCUT2D eigenvalue weighted by molar-refractivity contribution is 5.77. The summed E-state index contributed by atoms with van der Waals surface area (Å²) in [7, 11) is 1.42. The summed E-state index contributed by atoms with van der Waals surface area (Å²) in [5.74, 6) is -1.37. The highest BCUT2D eigenvalue weighted by Crippen LogP contribution is 2.31. The molecule has 0 radical (unpaired) electrons. The van der Waals surface area contributed by atoms with Crippen LogP contribution in [-0.4, -0.2) is 55.0 Å². The van der Waals surface area contributed by atoms with Gasteiger partial charge in [-0.2, -0.15) is 0 Å². The van der Waals surface area contributed by atoms with Crippen LogP contribution in [0.2, 0.25) is 0 Å². The van der Waals surface area contributed by atoms with E-state index in [-0.39, 0.29) is 0 Å². The second-order valence-corrected chi connectivity index (χ2v) is 4.41. The average molecular weight is 232 g/mol. The Morgan fingerprint density at radius 1 is 1.50 bits per heavy atom. The third kappa shape index (κ3) is 1.93. The SMILES string of the molecule is COC1C(O)C(=O)OC1C1COC(C)(C)O1. The van der Waals surface area contributed by atoms with Gasteiger partial charge in [-0.05, 0) is 13.8 Å². The van der Waals surface area contributed by atoms with Crippen molar-refractivity contribution >= 4 is 5.97 Å². The summed E-state index contributed by atoms with van der Waals surface area (Å²) in [6.07, 6.45) is -2.97. The third-order valence-electron chi connectivity index (χ3n) is 2.80. The van der Waals surface area contributed by atoms with E-state index in [9.17, 15) is 9.90 Å². The van der Waals surface area contributed by atoms with Crippen molar-refractivity contribution in [3.8, 4) is 0 Å². The van der Waals surface area contributed by atoms with Crippen LogP contribution in [0.1, 0.15) is 13.8 Å². The van der Waals surface area contributed by atoms with Crippen molar-refractivity contribution in [1.29, 1.82) is 0 Å². The Kier molecular flexibility index (Phi) is 2.91. The van der Waals surface area contributed by atoms with Crippen LogP contribution in [0.15, 0.2) is 0 Å². The van der Waals surface area contributed by atoms with Crippen LogP contribution in [-0.2, 0) is 23.7 Å². The molecular formula is C10H16O6. The maximum atomic E-state index is 11.2. The van der Waals surface area contributed by atoms with E-state index in [2.05, 4.69) is 0 Å². The van der Waals surface area contributed by atoms with Gasteiger partial charge in [-0.1, -0.05) is 0 Å². The number of aliphatic hydroxyl groups excluding tert-OH is 1. The molecule has 0 aromatic carbocycles. The standard InChI is InChI=1S/C10H16O6/c1-10(2)14-4-5(16-10)7-8(13-3)6(11)9(12)15-7/h5-8,11H,4H2,1-3H3. The van der Waals surface area contributed by atoms with Gasteiger partial charge in [-0.3, -0.25) is 0 Å². The number of rotatable bonds is 2. The Morgan fingerprint density at radius 2 is 2.19 bits per heavy atom. The molecule has 16 heavy (non-hydrogen) atoms. The smallest absolute Gasteiger partial charge is 0.338 e. The van der Waals surface area contributed by atoms with Crippen LogP contribution in [0.25, 0.3) is 0 Å². The highest BCUT2D eigenvalue weighted by Gasteiger charge is 2.51. The molecule has 0 amide bonds. The lowest BCUT2D eigenvalue weighted by molar-refractivity contribution is -0.167. The summed E-state index contributed by atoms with van der Waals surface area (Å²) in [4.78, 5) is 11.2.